The van der Waals surface area contributed by atoms with E-state index in [1.807, 2.05) is 25.1 Å². The quantitative estimate of drug-likeness (QED) is 0.777. The Morgan fingerprint density at radius 3 is 2.62 bits per heavy atom. The van der Waals surface area contributed by atoms with Crippen molar-refractivity contribution in [1.29, 1.82) is 0 Å². The number of morpholine rings is 1. The number of hydrogen-bond donors (Lipinski definition) is 1. The van der Waals surface area contributed by atoms with Gasteiger partial charge in [0.25, 0.3) is 0 Å². The van der Waals surface area contributed by atoms with E-state index in [0.29, 0.717) is 24.8 Å². The minimum Gasteiger partial charge on any atom is -0.462 e. The summed E-state index contributed by atoms with van der Waals surface area (Å²) < 4.78 is 11.8. The second-order valence-corrected chi connectivity index (χ2v) is 8.70. The molecule has 2 aromatic rings. The number of carbonyl (C=O) groups is 1. The molecule has 2 fully saturated rings. The maximum absolute atomic E-state index is 12.7. The van der Waals surface area contributed by atoms with E-state index in [4.69, 9.17) is 14.1 Å². The summed E-state index contributed by atoms with van der Waals surface area (Å²) in [6, 6.07) is 10.3. The second kappa shape index (κ2) is 8.19. The fourth-order valence-electron chi connectivity index (χ4n) is 4.10. The third kappa shape index (κ3) is 4.04. The zero-order chi connectivity index (χ0) is 20.4. The van der Waals surface area contributed by atoms with Crippen LogP contribution in [0.15, 0.2) is 34.7 Å². The van der Waals surface area contributed by atoms with E-state index in [-0.39, 0.29) is 12.0 Å². The van der Waals surface area contributed by atoms with E-state index in [1.165, 1.54) is 12.0 Å². The highest BCUT2D eigenvalue weighted by Crippen LogP contribution is 2.34. The lowest BCUT2D eigenvalue weighted by Crippen LogP contribution is -2.60. The zero-order valence-corrected chi connectivity index (χ0v) is 17.6. The molecule has 0 amide bonds. The molecular formula is C23H31N3O3. The van der Waals surface area contributed by atoms with Crippen LogP contribution in [-0.4, -0.2) is 36.7 Å². The number of cyclic esters (lactones) is 1. The third-order valence-electron chi connectivity index (χ3n) is 6.04. The number of esters is 1. The van der Waals surface area contributed by atoms with Gasteiger partial charge in [-0.3, -0.25) is 5.32 Å². The molecule has 156 valence electrons. The number of benzene rings is 1. The smallest absolute Gasteiger partial charge is 0.335 e. The standard InChI is InChI=1S/C23H31N3O3/c1-16(2)19-15-28-22(27)23(3,25-19)21-24-18(14-17-10-6-4-7-11-17)20(29-21)26-12-8-5-9-13-26/h4,6-7,10-11,16,19,25H,5,8-9,12-15H2,1-3H3/t19-,23+/m1/s1. The van der Waals surface area contributed by atoms with E-state index in [0.717, 1.165) is 37.5 Å². The van der Waals surface area contributed by atoms with E-state index >= 15 is 0 Å². The molecule has 2 atom stereocenters. The molecule has 4 rings (SSSR count). The Morgan fingerprint density at radius 1 is 1.21 bits per heavy atom. The molecule has 0 spiro atoms. The zero-order valence-electron chi connectivity index (χ0n) is 17.6. The van der Waals surface area contributed by atoms with Gasteiger partial charge in [0.15, 0.2) is 5.54 Å². The average Bonchev–Trinajstić information content (AvgIpc) is 3.16. The summed E-state index contributed by atoms with van der Waals surface area (Å²) in [6.45, 7) is 8.35. The van der Waals surface area contributed by atoms with Crippen LogP contribution in [0.25, 0.3) is 0 Å². The molecule has 0 radical (unpaired) electrons. The lowest BCUT2D eigenvalue weighted by Gasteiger charge is -2.37. The number of rotatable bonds is 5. The Morgan fingerprint density at radius 2 is 1.93 bits per heavy atom. The molecule has 2 saturated heterocycles. The molecule has 2 aliphatic heterocycles. The SMILES string of the molecule is CC(C)[C@H]1COC(=O)[C@](C)(c2nc(Cc3ccccc3)c(N3CCCCC3)o2)N1. The fraction of sp³-hybridized carbons (Fsp3) is 0.565. The molecule has 0 aliphatic carbocycles. The monoisotopic (exact) mass is 397 g/mol. The van der Waals surface area contributed by atoms with Crippen molar-refractivity contribution in [1.82, 2.24) is 10.3 Å². The fourth-order valence-corrected chi connectivity index (χ4v) is 4.10. The van der Waals surface area contributed by atoms with Gasteiger partial charge in [0.05, 0.1) is 0 Å². The summed E-state index contributed by atoms with van der Waals surface area (Å²) in [5, 5.41) is 3.45. The molecule has 1 N–H and O–H groups in total. The Kier molecular flexibility index (Phi) is 5.63. The molecule has 1 aromatic heterocycles. The van der Waals surface area contributed by atoms with Gasteiger partial charge in [-0.1, -0.05) is 44.2 Å². The topological polar surface area (TPSA) is 67.6 Å². The first-order valence-electron chi connectivity index (χ1n) is 10.7. The Bertz CT molecular complexity index is 842. The number of hydrogen-bond acceptors (Lipinski definition) is 6. The van der Waals surface area contributed by atoms with Gasteiger partial charge in [0.2, 0.25) is 11.8 Å². The molecule has 3 heterocycles. The van der Waals surface area contributed by atoms with E-state index < -0.39 is 5.54 Å². The molecule has 6 heteroatoms. The first-order valence-corrected chi connectivity index (χ1v) is 10.7. The molecule has 1 aromatic carbocycles. The first kappa shape index (κ1) is 20.0. The van der Waals surface area contributed by atoms with E-state index in [2.05, 4.69) is 36.2 Å². The summed E-state index contributed by atoms with van der Waals surface area (Å²) in [7, 11) is 0. The highest BCUT2D eigenvalue weighted by Gasteiger charge is 2.48. The van der Waals surface area contributed by atoms with Crippen molar-refractivity contribution >= 4 is 11.9 Å². The van der Waals surface area contributed by atoms with Gasteiger partial charge < -0.3 is 14.1 Å². The number of ether oxygens (including phenoxy) is 1. The minimum atomic E-state index is -1.08. The maximum Gasteiger partial charge on any atom is 0.335 e. The van der Waals surface area contributed by atoms with Gasteiger partial charge >= 0.3 is 5.97 Å². The Balaban J connectivity index is 1.70. The van der Waals surface area contributed by atoms with Gasteiger partial charge in [-0.25, -0.2) is 9.78 Å². The third-order valence-corrected chi connectivity index (χ3v) is 6.04. The summed E-state index contributed by atoms with van der Waals surface area (Å²) in [5.41, 5.74) is 0.984. The molecule has 0 bridgehead atoms. The number of anilines is 1. The summed E-state index contributed by atoms with van der Waals surface area (Å²) in [4.78, 5) is 19.9. The highest BCUT2D eigenvalue weighted by molar-refractivity contribution is 5.81. The second-order valence-electron chi connectivity index (χ2n) is 8.70. The number of piperidine rings is 1. The normalized spacial score (nSPS) is 25.3. The van der Waals surface area contributed by atoms with Gasteiger partial charge in [-0.2, -0.15) is 0 Å². The average molecular weight is 398 g/mol. The molecule has 6 nitrogen and oxygen atoms in total. The van der Waals surface area contributed by atoms with Gasteiger partial charge in [0, 0.05) is 25.6 Å². The lowest BCUT2D eigenvalue weighted by molar-refractivity contribution is -0.161. The number of oxazole rings is 1. The Labute approximate surface area is 172 Å². The van der Waals surface area contributed by atoms with Crippen LogP contribution in [0.5, 0.6) is 0 Å². The highest BCUT2D eigenvalue weighted by atomic mass is 16.5. The lowest BCUT2D eigenvalue weighted by atomic mass is 9.94. The summed E-state index contributed by atoms with van der Waals surface area (Å²) >= 11 is 0. The molecule has 0 saturated carbocycles. The number of nitrogens with one attached hydrogen (secondary N) is 1. The summed E-state index contributed by atoms with van der Waals surface area (Å²) in [6.07, 6.45) is 4.21. The van der Waals surface area contributed by atoms with Gasteiger partial charge in [0.1, 0.15) is 12.3 Å². The van der Waals surface area contributed by atoms with E-state index in [1.54, 1.807) is 0 Å². The van der Waals surface area contributed by atoms with Gasteiger partial charge in [-0.15, -0.1) is 0 Å². The Hall–Kier alpha value is -2.34. The van der Waals surface area contributed by atoms with Crippen molar-refractivity contribution in [3.8, 4) is 0 Å². The first-order chi connectivity index (χ1) is 14.0. The minimum absolute atomic E-state index is 0.0700. The van der Waals surface area contributed by atoms with Crippen molar-refractivity contribution in [2.75, 3.05) is 24.6 Å². The number of nitrogens with zero attached hydrogens (tertiary/aromatic N) is 2. The van der Waals surface area contributed by atoms with Crippen molar-refractivity contribution in [3.63, 3.8) is 0 Å². The predicted octanol–water partition coefficient (Wildman–Crippen LogP) is 3.64. The van der Waals surface area contributed by atoms with Crippen LogP contribution in [0.1, 0.15) is 57.2 Å². The summed E-state index contributed by atoms with van der Waals surface area (Å²) in [5.74, 6) is 1.21. The van der Waals surface area contributed by atoms with Crippen molar-refractivity contribution in [2.24, 2.45) is 5.92 Å². The molecular weight excluding hydrogens is 366 g/mol. The van der Waals surface area contributed by atoms with Gasteiger partial charge in [-0.05, 0) is 37.7 Å². The van der Waals surface area contributed by atoms with Crippen molar-refractivity contribution in [3.05, 3.63) is 47.5 Å². The van der Waals surface area contributed by atoms with Crippen molar-refractivity contribution < 1.29 is 13.9 Å². The van der Waals surface area contributed by atoms with E-state index in [9.17, 15) is 4.79 Å². The van der Waals surface area contributed by atoms with Crippen LogP contribution in [0.4, 0.5) is 5.88 Å². The maximum atomic E-state index is 12.7. The van der Waals surface area contributed by atoms with Crippen LogP contribution < -0.4 is 10.2 Å². The van der Waals surface area contributed by atoms with Crippen LogP contribution in [-0.2, 0) is 21.5 Å². The van der Waals surface area contributed by atoms with Crippen LogP contribution in [0, 0.1) is 5.92 Å². The number of aromatic nitrogens is 1. The van der Waals surface area contributed by atoms with Crippen LogP contribution >= 0.6 is 0 Å². The molecule has 2 aliphatic rings. The van der Waals surface area contributed by atoms with Crippen molar-refractivity contribution in [2.45, 2.75) is 58.0 Å². The predicted molar refractivity (Wildman–Crippen MR) is 112 cm³/mol. The van der Waals surface area contributed by atoms with Crippen LogP contribution in [0.2, 0.25) is 0 Å². The molecule has 0 unspecified atom stereocenters. The molecule has 29 heavy (non-hydrogen) atoms. The largest absolute Gasteiger partial charge is 0.462 e. The van der Waals surface area contributed by atoms with Crippen LogP contribution in [0.3, 0.4) is 0 Å². The number of carbonyl (C=O) groups excluding carboxylic acids is 1.